The molecular weight excluding hydrogens is 221 g/mol. The molecular formula is C10H9ClFNO2. The summed E-state index contributed by atoms with van der Waals surface area (Å²) in [6, 6.07) is 4.03. The van der Waals surface area contributed by atoms with Crippen molar-refractivity contribution in [2.45, 2.75) is 0 Å². The highest BCUT2D eigenvalue weighted by Gasteiger charge is 1.97. The van der Waals surface area contributed by atoms with Crippen molar-refractivity contribution in [3.8, 4) is 0 Å². The van der Waals surface area contributed by atoms with Crippen LogP contribution in [0.25, 0.3) is 0 Å². The molecule has 0 amide bonds. The third-order valence-electron chi connectivity index (χ3n) is 1.55. The Bertz CT molecular complexity index is 373. The minimum Gasteiger partial charge on any atom is -0.478 e. The summed E-state index contributed by atoms with van der Waals surface area (Å²) >= 11 is 5.62. The van der Waals surface area contributed by atoms with Gasteiger partial charge in [0.25, 0.3) is 0 Å². The van der Waals surface area contributed by atoms with Gasteiger partial charge in [-0.15, -0.1) is 0 Å². The Kier molecular flexibility index (Phi) is 4.12. The van der Waals surface area contributed by atoms with Gasteiger partial charge in [0.05, 0.1) is 0 Å². The monoisotopic (exact) mass is 229 g/mol. The summed E-state index contributed by atoms with van der Waals surface area (Å²) in [5, 5.41) is 11.4. The lowest BCUT2D eigenvalue weighted by atomic mass is 10.3. The molecule has 0 aliphatic rings. The number of hydrogen-bond donors (Lipinski definition) is 2. The summed E-state index contributed by atoms with van der Waals surface area (Å²) in [6.45, 7) is 0.298. The van der Waals surface area contributed by atoms with Gasteiger partial charge >= 0.3 is 5.97 Å². The molecule has 0 aliphatic carbocycles. The zero-order valence-corrected chi connectivity index (χ0v) is 8.46. The Morgan fingerprint density at radius 2 is 2.27 bits per heavy atom. The fourth-order valence-corrected chi connectivity index (χ4v) is 1.21. The van der Waals surface area contributed by atoms with Crippen LogP contribution in [0.15, 0.2) is 30.4 Å². The van der Waals surface area contributed by atoms with Crippen LogP contribution in [0, 0.1) is 5.82 Å². The molecule has 1 aromatic rings. The lowest BCUT2D eigenvalue weighted by molar-refractivity contribution is -0.131. The Hall–Kier alpha value is -1.55. The van der Waals surface area contributed by atoms with Crippen LogP contribution in [0.4, 0.5) is 10.1 Å². The molecule has 2 N–H and O–H groups in total. The number of aliphatic carboxylic acids is 1. The second kappa shape index (κ2) is 5.36. The molecule has 5 heteroatoms. The fraction of sp³-hybridized carbons (Fsp3) is 0.100. The molecule has 0 spiro atoms. The predicted molar refractivity (Wildman–Crippen MR) is 56.7 cm³/mol. The molecule has 0 fully saturated rings. The first-order valence-corrected chi connectivity index (χ1v) is 4.55. The molecule has 0 bridgehead atoms. The number of carbonyl (C=O) groups is 1. The molecule has 80 valence electrons. The Morgan fingerprint density at radius 3 is 2.87 bits per heavy atom. The van der Waals surface area contributed by atoms with E-state index >= 15 is 0 Å². The number of carboxylic acids is 1. The summed E-state index contributed by atoms with van der Waals surface area (Å²) in [6.07, 6.45) is 2.43. The second-order valence-electron chi connectivity index (χ2n) is 2.78. The molecule has 0 aromatic heterocycles. The minimum atomic E-state index is -1.02. The quantitative estimate of drug-likeness (QED) is 0.780. The summed E-state index contributed by atoms with van der Waals surface area (Å²) in [7, 11) is 0. The van der Waals surface area contributed by atoms with E-state index in [1.807, 2.05) is 0 Å². The highest BCUT2D eigenvalue weighted by Crippen LogP contribution is 2.17. The van der Waals surface area contributed by atoms with Crippen molar-refractivity contribution < 1.29 is 14.3 Å². The summed E-state index contributed by atoms with van der Waals surface area (Å²) < 4.78 is 12.8. The van der Waals surface area contributed by atoms with E-state index in [9.17, 15) is 9.18 Å². The largest absolute Gasteiger partial charge is 0.478 e. The van der Waals surface area contributed by atoms with Gasteiger partial charge in [-0.05, 0) is 18.2 Å². The molecule has 3 nitrogen and oxygen atoms in total. The van der Waals surface area contributed by atoms with Crippen molar-refractivity contribution in [1.29, 1.82) is 0 Å². The molecule has 0 radical (unpaired) electrons. The maximum Gasteiger partial charge on any atom is 0.328 e. The molecule has 0 heterocycles. The molecule has 0 aliphatic heterocycles. The topological polar surface area (TPSA) is 49.3 Å². The van der Waals surface area contributed by atoms with Gasteiger partial charge in [-0.2, -0.15) is 0 Å². The first-order valence-electron chi connectivity index (χ1n) is 4.17. The van der Waals surface area contributed by atoms with Gasteiger partial charge in [0.15, 0.2) is 0 Å². The number of benzene rings is 1. The smallest absolute Gasteiger partial charge is 0.328 e. The Labute approximate surface area is 91.2 Å². The number of anilines is 1. The van der Waals surface area contributed by atoms with E-state index in [0.29, 0.717) is 17.3 Å². The molecule has 0 atom stereocenters. The van der Waals surface area contributed by atoms with E-state index in [1.165, 1.54) is 18.2 Å². The Morgan fingerprint density at radius 1 is 1.53 bits per heavy atom. The predicted octanol–water partition coefficient (Wildman–Crippen LogP) is 2.53. The highest BCUT2D eigenvalue weighted by atomic mass is 35.5. The number of nitrogens with one attached hydrogen (secondary N) is 1. The van der Waals surface area contributed by atoms with E-state index in [-0.39, 0.29) is 0 Å². The van der Waals surface area contributed by atoms with Crippen molar-refractivity contribution >= 4 is 23.3 Å². The molecule has 15 heavy (non-hydrogen) atoms. The lowest BCUT2D eigenvalue weighted by Crippen LogP contribution is -1.99. The average Bonchev–Trinajstić information content (AvgIpc) is 2.10. The maximum atomic E-state index is 12.8. The SMILES string of the molecule is O=C(O)/C=C/CNc1cc(F)cc(Cl)c1. The van der Waals surface area contributed by atoms with Gasteiger partial charge in [0, 0.05) is 23.3 Å². The zero-order chi connectivity index (χ0) is 11.3. The number of rotatable bonds is 4. The molecule has 0 saturated carbocycles. The van der Waals surface area contributed by atoms with Crippen molar-refractivity contribution in [3.05, 3.63) is 41.2 Å². The summed E-state index contributed by atoms with van der Waals surface area (Å²) in [5.74, 6) is -1.46. The second-order valence-corrected chi connectivity index (χ2v) is 3.22. The zero-order valence-electron chi connectivity index (χ0n) is 7.71. The van der Waals surface area contributed by atoms with Gasteiger partial charge in [0.2, 0.25) is 0 Å². The normalized spacial score (nSPS) is 10.5. The van der Waals surface area contributed by atoms with E-state index in [2.05, 4.69) is 5.32 Å². The maximum absolute atomic E-state index is 12.8. The van der Waals surface area contributed by atoms with Crippen LogP contribution < -0.4 is 5.32 Å². The van der Waals surface area contributed by atoms with Gasteiger partial charge in [0.1, 0.15) is 5.82 Å². The van der Waals surface area contributed by atoms with E-state index < -0.39 is 11.8 Å². The number of hydrogen-bond acceptors (Lipinski definition) is 2. The third-order valence-corrected chi connectivity index (χ3v) is 1.77. The Balaban J connectivity index is 2.54. The van der Waals surface area contributed by atoms with Crippen molar-refractivity contribution in [1.82, 2.24) is 0 Å². The van der Waals surface area contributed by atoms with E-state index in [4.69, 9.17) is 16.7 Å². The van der Waals surface area contributed by atoms with Gasteiger partial charge in [-0.3, -0.25) is 0 Å². The average molecular weight is 230 g/mol. The summed E-state index contributed by atoms with van der Waals surface area (Å²) in [5.41, 5.74) is 0.509. The van der Waals surface area contributed by atoms with Crippen molar-refractivity contribution in [3.63, 3.8) is 0 Å². The molecule has 0 saturated heterocycles. The van der Waals surface area contributed by atoms with Crippen LogP contribution in [0.2, 0.25) is 5.02 Å². The van der Waals surface area contributed by atoms with Crippen LogP contribution in [-0.2, 0) is 4.79 Å². The first kappa shape index (κ1) is 11.5. The van der Waals surface area contributed by atoms with E-state index in [1.54, 1.807) is 6.07 Å². The summed E-state index contributed by atoms with van der Waals surface area (Å²) in [4.78, 5) is 10.1. The number of carboxylic acid groups (broad SMARTS) is 1. The standard InChI is InChI=1S/C10H9ClFNO2/c11-7-4-8(12)6-9(5-7)13-3-1-2-10(14)15/h1-2,4-6,13H,3H2,(H,14,15)/b2-1+. The van der Waals surface area contributed by atoms with Gasteiger partial charge < -0.3 is 10.4 Å². The highest BCUT2D eigenvalue weighted by molar-refractivity contribution is 6.30. The molecule has 1 rings (SSSR count). The van der Waals surface area contributed by atoms with Gasteiger partial charge in [-0.25, -0.2) is 9.18 Å². The fourth-order valence-electron chi connectivity index (χ4n) is 0.992. The first-order chi connectivity index (χ1) is 7.08. The van der Waals surface area contributed by atoms with Crippen LogP contribution >= 0.6 is 11.6 Å². The van der Waals surface area contributed by atoms with Crippen LogP contribution in [0.3, 0.4) is 0 Å². The van der Waals surface area contributed by atoms with Crippen LogP contribution in [0.1, 0.15) is 0 Å². The van der Waals surface area contributed by atoms with Crippen molar-refractivity contribution in [2.75, 3.05) is 11.9 Å². The lowest BCUT2D eigenvalue weighted by Gasteiger charge is -2.03. The van der Waals surface area contributed by atoms with Gasteiger partial charge in [-0.1, -0.05) is 17.7 Å². The minimum absolute atomic E-state index is 0.291. The molecule has 0 unspecified atom stereocenters. The third kappa shape index (κ3) is 4.46. The molecule has 1 aromatic carbocycles. The van der Waals surface area contributed by atoms with Crippen LogP contribution in [0.5, 0.6) is 0 Å². The van der Waals surface area contributed by atoms with Crippen molar-refractivity contribution in [2.24, 2.45) is 0 Å². The van der Waals surface area contributed by atoms with E-state index in [0.717, 1.165) is 6.08 Å². The van der Waals surface area contributed by atoms with Crippen LogP contribution in [-0.4, -0.2) is 17.6 Å². The number of halogens is 2.